The molecule has 0 aromatic heterocycles. The zero-order valence-corrected chi connectivity index (χ0v) is 14.8. The van der Waals surface area contributed by atoms with Gasteiger partial charge in [-0.25, -0.2) is 9.11 Å². The summed E-state index contributed by atoms with van der Waals surface area (Å²) in [6, 6.07) is 6.02. The summed E-state index contributed by atoms with van der Waals surface area (Å²) in [6.07, 6.45) is 0.553. The van der Waals surface area contributed by atoms with Crippen molar-refractivity contribution in [2.75, 3.05) is 13.6 Å². The highest BCUT2D eigenvalue weighted by Crippen LogP contribution is 2.18. The van der Waals surface area contributed by atoms with Crippen molar-refractivity contribution in [3.05, 3.63) is 35.6 Å². The van der Waals surface area contributed by atoms with Crippen LogP contribution in [0.3, 0.4) is 0 Å². The second-order valence-corrected chi connectivity index (χ2v) is 8.22. The predicted octanol–water partition coefficient (Wildman–Crippen LogP) is 2.82. The van der Waals surface area contributed by atoms with Crippen molar-refractivity contribution in [3.8, 4) is 0 Å². The maximum absolute atomic E-state index is 13.0. The molecule has 1 aromatic rings. The minimum absolute atomic E-state index is 0.144. The van der Waals surface area contributed by atoms with E-state index in [1.807, 2.05) is 27.7 Å². The molecule has 0 bridgehead atoms. The van der Waals surface area contributed by atoms with E-state index in [4.69, 9.17) is 0 Å². The van der Waals surface area contributed by atoms with Crippen LogP contribution in [0.25, 0.3) is 0 Å². The third-order valence-electron chi connectivity index (χ3n) is 3.65. The lowest BCUT2D eigenvalue weighted by Crippen LogP contribution is -2.48. The van der Waals surface area contributed by atoms with Crippen LogP contribution in [0, 0.1) is 17.7 Å². The van der Waals surface area contributed by atoms with Gasteiger partial charge >= 0.3 is 0 Å². The van der Waals surface area contributed by atoms with Crippen LogP contribution in [-0.2, 0) is 16.6 Å². The summed E-state index contributed by atoms with van der Waals surface area (Å²) in [7, 11) is -1.92. The maximum Gasteiger partial charge on any atom is 0.279 e. The second kappa shape index (κ2) is 8.04. The van der Waals surface area contributed by atoms with Gasteiger partial charge in [0.15, 0.2) is 0 Å². The molecule has 0 fully saturated rings. The Hall–Kier alpha value is -0.980. The Morgan fingerprint density at radius 1 is 1.14 bits per heavy atom. The molecule has 0 saturated carbocycles. The van der Waals surface area contributed by atoms with E-state index in [9.17, 15) is 12.8 Å². The number of hydrogen-bond donors (Lipinski definition) is 1. The van der Waals surface area contributed by atoms with Crippen molar-refractivity contribution in [3.63, 3.8) is 0 Å². The number of hydrogen-bond acceptors (Lipinski definition) is 2. The first kappa shape index (κ1) is 19.1. The lowest BCUT2D eigenvalue weighted by molar-refractivity contribution is 0.288. The Bertz CT molecular complexity index is 556. The van der Waals surface area contributed by atoms with Crippen LogP contribution in [0.2, 0.25) is 0 Å². The molecule has 0 aliphatic carbocycles. The van der Waals surface area contributed by atoms with Crippen molar-refractivity contribution in [1.29, 1.82) is 0 Å². The Labute approximate surface area is 133 Å². The van der Waals surface area contributed by atoms with E-state index >= 15 is 0 Å². The van der Waals surface area contributed by atoms with Gasteiger partial charge in [0.25, 0.3) is 10.2 Å². The highest BCUT2D eigenvalue weighted by molar-refractivity contribution is 7.87. The first-order valence-corrected chi connectivity index (χ1v) is 9.04. The fourth-order valence-electron chi connectivity index (χ4n) is 2.20. The summed E-state index contributed by atoms with van der Waals surface area (Å²) in [5.74, 6) is 0.105. The lowest BCUT2D eigenvalue weighted by Gasteiger charge is -2.31. The van der Waals surface area contributed by atoms with E-state index in [0.717, 1.165) is 5.56 Å². The van der Waals surface area contributed by atoms with Crippen LogP contribution < -0.4 is 4.72 Å². The molecule has 1 rings (SSSR count). The molecule has 0 radical (unpaired) electrons. The van der Waals surface area contributed by atoms with Gasteiger partial charge in [0.2, 0.25) is 0 Å². The van der Waals surface area contributed by atoms with E-state index in [1.165, 1.54) is 16.4 Å². The molecule has 1 aromatic carbocycles. The minimum atomic E-state index is -3.52. The number of benzene rings is 1. The van der Waals surface area contributed by atoms with E-state index in [2.05, 4.69) is 4.72 Å². The third kappa shape index (κ3) is 5.66. The molecule has 126 valence electrons. The highest BCUT2D eigenvalue weighted by atomic mass is 32.2. The van der Waals surface area contributed by atoms with Crippen molar-refractivity contribution in [1.82, 2.24) is 9.03 Å². The van der Waals surface area contributed by atoms with Crippen LogP contribution in [0.15, 0.2) is 24.3 Å². The Morgan fingerprint density at radius 3 is 2.14 bits per heavy atom. The Morgan fingerprint density at radius 2 is 1.68 bits per heavy atom. The largest absolute Gasteiger partial charge is 0.279 e. The van der Waals surface area contributed by atoms with Crippen molar-refractivity contribution in [2.24, 2.45) is 11.8 Å². The number of nitrogens with one attached hydrogen (secondary N) is 1. The lowest BCUT2D eigenvalue weighted by atomic mass is 9.96. The topological polar surface area (TPSA) is 49.4 Å². The Kier molecular flexibility index (Phi) is 6.97. The van der Waals surface area contributed by atoms with Gasteiger partial charge in [0, 0.05) is 19.6 Å². The van der Waals surface area contributed by atoms with Gasteiger partial charge in [-0.1, -0.05) is 39.8 Å². The summed E-state index contributed by atoms with van der Waals surface area (Å²) < 4.78 is 41.8. The van der Waals surface area contributed by atoms with Crippen molar-refractivity contribution in [2.45, 2.75) is 40.2 Å². The van der Waals surface area contributed by atoms with Crippen LogP contribution in [-0.4, -0.2) is 32.4 Å². The summed E-state index contributed by atoms with van der Waals surface area (Å²) in [4.78, 5) is 0. The van der Waals surface area contributed by atoms with Gasteiger partial charge in [-0.15, -0.1) is 0 Å². The van der Waals surface area contributed by atoms with Gasteiger partial charge in [0.05, 0.1) is 0 Å². The summed E-state index contributed by atoms with van der Waals surface area (Å²) >= 11 is 0. The quantitative estimate of drug-likeness (QED) is 0.797. The molecule has 0 amide bonds. The van der Waals surface area contributed by atoms with Gasteiger partial charge in [-0.2, -0.15) is 12.7 Å². The zero-order valence-electron chi connectivity index (χ0n) is 14.0. The van der Waals surface area contributed by atoms with Crippen LogP contribution >= 0.6 is 0 Å². The van der Waals surface area contributed by atoms with Gasteiger partial charge in [-0.05, 0) is 36.0 Å². The molecular weight excluding hydrogens is 303 g/mol. The molecule has 22 heavy (non-hydrogen) atoms. The number of likely N-dealkylation sites (N-methyl/N-ethyl adjacent to an activating group) is 1. The van der Waals surface area contributed by atoms with Gasteiger partial charge < -0.3 is 0 Å². The molecule has 0 saturated heterocycles. The number of halogens is 1. The molecule has 6 heteroatoms. The standard InChI is InChI=1S/C16H27FN2O2S/c1-12(2)11-18-22(20,21)19(5)16(13(3)4)10-14-6-8-15(17)9-7-14/h6-9,12-13,16,18H,10-11H2,1-5H3. The first-order chi connectivity index (χ1) is 10.1. The van der Waals surface area contributed by atoms with E-state index in [-0.39, 0.29) is 23.7 Å². The third-order valence-corrected chi connectivity index (χ3v) is 5.21. The molecule has 0 aliphatic heterocycles. The summed E-state index contributed by atoms with van der Waals surface area (Å²) in [5, 5.41) is 0. The monoisotopic (exact) mass is 330 g/mol. The SMILES string of the molecule is CC(C)CNS(=O)(=O)N(C)C(Cc1ccc(F)cc1)C(C)C. The van der Waals surface area contributed by atoms with Crippen LogP contribution in [0.5, 0.6) is 0 Å². The maximum atomic E-state index is 13.0. The molecule has 1 N–H and O–H groups in total. The molecule has 1 atom stereocenters. The van der Waals surface area contributed by atoms with Crippen LogP contribution in [0.1, 0.15) is 33.3 Å². The average Bonchev–Trinajstić information content (AvgIpc) is 2.43. The average molecular weight is 330 g/mol. The highest BCUT2D eigenvalue weighted by Gasteiger charge is 2.28. The number of rotatable bonds is 8. The molecule has 1 unspecified atom stereocenters. The molecule has 0 aliphatic rings. The zero-order chi connectivity index (χ0) is 16.9. The van der Waals surface area contributed by atoms with Crippen molar-refractivity contribution < 1.29 is 12.8 Å². The Balaban J connectivity index is 2.87. The smallest absolute Gasteiger partial charge is 0.207 e. The minimum Gasteiger partial charge on any atom is -0.207 e. The van der Waals surface area contributed by atoms with E-state index < -0.39 is 10.2 Å². The molecule has 0 spiro atoms. The van der Waals surface area contributed by atoms with Gasteiger partial charge in [0.1, 0.15) is 5.82 Å². The van der Waals surface area contributed by atoms with Crippen LogP contribution in [0.4, 0.5) is 4.39 Å². The van der Waals surface area contributed by atoms with E-state index in [1.54, 1.807) is 19.2 Å². The second-order valence-electron chi connectivity index (χ2n) is 6.41. The van der Waals surface area contributed by atoms with E-state index in [0.29, 0.717) is 13.0 Å². The fourth-order valence-corrected chi connectivity index (χ4v) is 3.62. The fraction of sp³-hybridized carbons (Fsp3) is 0.625. The summed E-state index contributed by atoms with van der Waals surface area (Å²) in [5.41, 5.74) is 0.922. The van der Waals surface area contributed by atoms with Crippen molar-refractivity contribution >= 4 is 10.2 Å². The van der Waals surface area contributed by atoms with Gasteiger partial charge in [-0.3, -0.25) is 0 Å². The molecule has 4 nitrogen and oxygen atoms in total. The normalized spacial score (nSPS) is 14.0. The summed E-state index contributed by atoms with van der Waals surface area (Å²) in [6.45, 7) is 8.31. The predicted molar refractivity (Wildman–Crippen MR) is 88.3 cm³/mol. The number of nitrogens with zero attached hydrogens (tertiary/aromatic N) is 1. The molecular formula is C16H27FN2O2S. The first-order valence-electron chi connectivity index (χ1n) is 7.60. The molecule has 0 heterocycles.